The van der Waals surface area contributed by atoms with E-state index in [-0.39, 0.29) is 5.02 Å². The van der Waals surface area contributed by atoms with Crippen molar-refractivity contribution in [3.63, 3.8) is 0 Å². The Labute approximate surface area is 101 Å². The van der Waals surface area contributed by atoms with Crippen molar-refractivity contribution < 1.29 is 4.39 Å². The molecule has 0 amide bonds. The van der Waals surface area contributed by atoms with Crippen molar-refractivity contribution in [3.8, 4) is 5.69 Å². The Hall–Kier alpha value is -1.88. The molecular formula is C11H8ClFN2O2. The largest absolute Gasteiger partial charge is 0.335 e. The lowest BCUT2D eigenvalue weighted by Crippen LogP contribution is -2.36. The number of hydrogen-bond donors (Lipinski definition) is 0. The first-order chi connectivity index (χ1) is 8.00. The van der Waals surface area contributed by atoms with Crippen molar-refractivity contribution in [2.75, 3.05) is 0 Å². The van der Waals surface area contributed by atoms with E-state index in [2.05, 4.69) is 0 Å². The molecule has 0 aliphatic carbocycles. The average Bonchev–Trinajstić information content (AvgIpc) is 2.30. The molecule has 0 fully saturated rings. The van der Waals surface area contributed by atoms with Gasteiger partial charge in [0.1, 0.15) is 5.82 Å². The molecular weight excluding hydrogens is 247 g/mol. The SMILES string of the molecule is Cn1c(=O)ccn(-c2ccc(Cl)c(F)c2)c1=O. The van der Waals surface area contributed by atoms with Crippen LogP contribution in [0.5, 0.6) is 0 Å². The van der Waals surface area contributed by atoms with Gasteiger partial charge in [-0.05, 0) is 18.2 Å². The van der Waals surface area contributed by atoms with E-state index in [1.807, 2.05) is 0 Å². The normalized spacial score (nSPS) is 10.5. The average molecular weight is 255 g/mol. The second kappa shape index (κ2) is 4.18. The standard InChI is InChI=1S/C11H8ClFN2O2/c1-14-10(16)4-5-15(11(14)17)7-2-3-8(12)9(13)6-7/h2-6H,1H3. The molecule has 0 radical (unpaired) electrons. The summed E-state index contributed by atoms with van der Waals surface area (Å²) < 4.78 is 15.4. The van der Waals surface area contributed by atoms with Gasteiger partial charge in [0.15, 0.2) is 0 Å². The molecule has 1 aromatic carbocycles. The third-order valence-electron chi connectivity index (χ3n) is 2.37. The zero-order valence-electron chi connectivity index (χ0n) is 8.85. The summed E-state index contributed by atoms with van der Waals surface area (Å²) in [7, 11) is 1.35. The fourth-order valence-corrected chi connectivity index (χ4v) is 1.52. The molecule has 0 unspecified atom stereocenters. The van der Waals surface area contributed by atoms with Gasteiger partial charge in [-0.1, -0.05) is 11.6 Å². The molecule has 1 aromatic heterocycles. The second-order valence-corrected chi connectivity index (χ2v) is 3.87. The van der Waals surface area contributed by atoms with Gasteiger partial charge in [-0.15, -0.1) is 0 Å². The maximum atomic E-state index is 13.3. The van der Waals surface area contributed by atoms with Gasteiger partial charge in [0, 0.05) is 19.3 Å². The lowest BCUT2D eigenvalue weighted by molar-refractivity contribution is 0.625. The summed E-state index contributed by atoms with van der Waals surface area (Å²) in [5.41, 5.74) is -0.646. The molecule has 6 heteroatoms. The Morgan fingerprint density at radius 1 is 1.24 bits per heavy atom. The molecule has 17 heavy (non-hydrogen) atoms. The van der Waals surface area contributed by atoms with E-state index >= 15 is 0 Å². The summed E-state index contributed by atoms with van der Waals surface area (Å²) in [4.78, 5) is 23.0. The fraction of sp³-hybridized carbons (Fsp3) is 0.0909. The number of benzene rings is 1. The lowest BCUT2D eigenvalue weighted by atomic mass is 10.3. The van der Waals surface area contributed by atoms with E-state index in [1.54, 1.807) is 0 Å². The summed E-state index contributed by atoms with van der Waals surface area (Å²) in [6.07, 6.45) is 1.30. The van der Waals surface area contributed by atoms with Crippen LogP contribution in [0.3, 0.4) is 0 Å². The molecule has 2 aromatic rings. The van der Waals surface area contributed by atoms with E-state index in [4.69, 9.17) is 11.6 Å². The molecule has 0 saturated carbocycles. The van der Waals surface area contributed by atoms with Crippen molar-refractivity contribution in [2.45, 2.75) is 0 Å². The molecule has 0 N–H and O–H groups in total. The molecule has 0 spiro atoms. The molecule has 0 bridgehead atoms. The number of rotatable bonds is 1. The van der Waals surface area contributed by atoms with Crippen LogP contribution in [0.4, 0.5) is 4.39 Å². The van der Waals surface area contributed by atoms with E-state index in [9.17, 15) is 14.0 Å². The van der Waals surface area contributed by atoms with Crippen molar-refractivity contribution >= 4 is 11.6 Å². The van der Waals surface area contributed by atoms with Crippen LogP contribution in [0.25, 0.3) is 5.69 Å². The first-order valence-electron chi connectivity index (χ1n) is 4.75. The zero-order chi connectivity index (χ0) is 12.6. The van der Waals surface area contributed by atoms with Crippen molar-refractivity contribution in [3.05, 3.63) is 62.1 Å². The van der Waals surface area contributed by atoms with Gasteiger partial charge < -0.3 is 0 Å². The third kappa shape index (κ3) is 2.01. The molecule has 0 aliphatic rings. The Morgan fingerprint density at radius 2 is 1.94 bits per heavy atom. The maximum Gasteiger partial charge on any atom is 0.335 e. The summed E-state index contributed by atoms with van der Waals surface area (Å²) in [5, 5.41) is -0.0216. The monoisotopic (exact) mass is 254 g/mol. The maximum absolute atomic E-state index is 13.3. The predicted molar refractivity (Wildman–Crippen MR) is 62.2 cm³/mol. The van der Waals surface area contributed by atoms with Gasteiger partial charge in [-0.2, -0.15) is 0 Å². The molecule has 1 heterocycles. The van der Waals surface area contributed by atoms with Gasteiger partial charge in [0.2, 0.25) is 0 Å². The summed E-state index contributed by atoms with van der Waals surface area (Å²) >= 11 is 5.55. The Bertz CT molecular complexity index is 691. The Balaban J connectivity index is 2.69. The van der Waals surface area contributed by atoms with Crippen LogP contribution in [0.1, 0.15) is 0 Å². The van der Waals surface area contributed by atoms with Gasteiger partial charge in [-0.3, -0.25) is 13.9 Å². The van der Waals surface area contributed by atoms with Crippen LogP contribution >= 0.6 is 11.6 Å². The molecule has 0 aliphatic heterocycles. The molecule has 4 nitrogen and oxygen atoms in total. The highest BCUT2D eigenvalue weighted by Crippen LogP contribution is 2.16. The second-order valence-electron chi connectivity index (χ2n) is 3.46. The quantitative estimate of drug-likeness (QED) is 0.771. The lowest BCUT2D eigenvalue weighted by Gasteiger charge is -2.07. The van der Waals surface area contributed by atoms with Crippen molar-refractivity contribution in [2.24, 2.45) is 7.05 Å². The minimum Gasteiger partial charge on any atom is -0.269 e. The minimum absolute atomic E-state index is 0.0216. The van der Waals surface area contributed by atoms with Crippen molar-refractivity contribution in [1.29, 1.82) is 0 Å². The number of halogens is 2. The van der Waals surface area contributed by atoms with E-state index < -0.39 is 17.1 Å². The first kappa shape index (κ1) is 11.6. The number of nitrogens with zero attached hydrogens (tertiary/aromatic N) is 2. The summed E-state index contributed by atoms with van der Waals surface area (Å²) in [6.45, 7) is 0. The van der Waals surface area contributed by atoms with E-state index in [1.165, 1.54) is 36.0 Å². The van der Waals surface area contributed by atoms with Gasteiger partial charge in [0.05, 0.1) is 10.7 Å². The van der Waals surface area contributed by atoms with E-state index in [0.29, 0.717) is 5.69 Å². The number of hydrogen-bond acceptors (Lipinski definition) is 2. The molecule has 0 atom stereocenters. The highest BCUT2D eigenvalue weighted by Gasteiger charge is 2.06. The van der Waals surface area contributed by atoms with Crippen molar-refractivity contribution in [1.82, 2.24) is 9.13 Å². The predicted octanol–water partition coefficient (Wildman–Crippen LogP) is 1.33. The van der Waals surface area contributed by atoms with Crippen LogP contribution in [0.2, 0.25) is 5.02 Å². The van der Waals surface area contributed by atoms with E-state index in [0.717, 1.165) is 10.6 Å². The minimum atomic E-state index is -0.620. The van der Waals surface area contributed by atoms with Gasteiger partial charge in [0.25, 0.3) is 5.56 Å². The Kier molecular flexibility index (Phi) is 2.85. The summed E-state index contributed by atoms with van der Waals surface area (Å²) in [6, 6.07) is 5.21. The van der Waals surface area contributed by atoms with Gasteiger partial charge >= 0.3 is 5.69 Å². The fourth-order valence-electron chi connectivity index (χ4n) is 1.40. The molecule has 2 rings (SSSR count). The van der Waals surface area contributed by atoms with Crippen LogP contribution in [0, 0.1) is 5.82 Å². The Morgan fingerprint density at radius 3 is 2.59 bits per heavy atom. The first-order valence-corrected chi connectivity index (χ1v) is 5.12. The van der Waals surface area contributed by atoms with Crippen LogP contribution in [-0.4, -0.2) is 9.13 Å². The van der Waals surface area contributed by atoms with Crippen LogP contribution in [-0.2, 0) is 7.05 Å². The van der Waals surface area contributed by atoms with Crippen LogP contribution in [0.15, 0.2) is 40.1 Å². The molecule has 88 valence electrons. The van der Waals surface area contributed by atoms with Crippen LogP contribution < -0.4 is 11.2 Å². The zero-order valence-corrected chi connectivity index (χ0v) is 9.61. The van der Waals surface area contributed by atoms with Gasteiger partial charge in [-0.25, -0.2) is 9.18 Å². The topological polar surface area (TPSA) is 44.0 Å². The highest BCUT2D eigenvalue weighted by molar-refractivity contribution is 6.30. The summed E-state index contributed by atoms with van der Waals surface area (Å²) in [5.74, 6) is -0.620. The number of aromatic nitrogens is 2. The third-order valence-corrected chi connectivity index (χ3v) is 2.68. The highest BCUT2D eigenvalue weighted by atomic mass is 35.5. The molecule has 0 saturated heterocycles. The smallest absolute Gasteiger partial charge is 0.269 e.